The first kappa shape index (κ1) is 26.6. The van der Waals surface area contributed by atoms with E-state index < -0.39 is 12.1 Å². The van der Waals surface area contributed by atoms with Gasteiger partial charge in [0.05, 0.1) is 26.2 Å². The normalized spacial score (nSPS) is 16.4. The first-order chi connectivity index (χ1) is 15.0. The van der Waals surface area contributed by atoms with E-state index in [1.807, 2.05) is 34.9 Å². The van der Waals surface area contributed by atoms with Gasteiger partial charge in [-0.15, -0.1) is 0 Å². The number of piperidine rings is 1. The molecule has 2 aliphatic heterocycles. The predicted molar refractivity (Wildman–Crippen MR) is 115 cm³/mol. The van der Waals surface area contributed by atoms with Crippen molar-refractivity contribution < 1.29 is 54.1 Å². The molecule has 2 heterocycles. The Morgan fingerprint density at radius 1 is 1.03 bits per heavy atom. The van der Waals surface area contributed by atoms with Gasteiger partial charge in [0.15, 0.2) is 0 Å². The van der Waals surface area contributed by atoms with Gasteiger partial charge in [0.2, 0.25) is 6.10 Å². The average Bonchev–Trinajstić information content (AvgIpc) is 2.78. The Hall–Kier alpha value is -2.68. The maximum Gasteiger partial charge on any atom is 0.349 e. The molecule has 180 valence electrons. The van der Waals surface area contributed by atoms with E-state index in [0.717, 1.165) is 50.2 Å². The second-order valence-corrected chi connectivity index (χ2v) is 8.12. The van der Waals surface area contributed by atoms with Crippen LogP contribution in [0.1, 0.15) is 35.6 Å². The monoisotopic (exact) mass is 496 g/mol. The number of hydrogen-bond donors (Lipinski definition) is 4. The lowest BCUT2D eigenvalue weighted by atomic mass is 10.0. The van der Waals surface area contributed by atoms with Gasteiger partial charge < -0.3 is 44.7 Å². The Labute approximate surface area is 205 Å². The number of ether oxygens (including phenoxy) is 2. The van der Waals surface area contributed by atoms with Crippen LogP contribution in [0.5, 0.6) is 11.5 Å². The third-order valence-corrected chi connectivity index (χ3v) is 5.90. The van der Waals surface area contributed by atoms with Crippen LogP contribution in [-0.4, -0.2) is 47.3 Å². The van der Waals surface area contributed by atoms with E-state index in [9.17, 15) is 9.90 Å². The molecule has 0 bridgehead atoms. The summed E-state index contributed by atoms with van der Waals surface area (Å²) < 4.78 is 13.8. The lowest BCUT2D eigenvalue weighted by Crippen LogP contribution is -3.00. The summed E-state index contributed by atoms with van der Waals surface area (Å²) in [5.41, 5.74) is 14.3. The standard InChI is InChI=1S/C23H28N4O4.2ClH/c24-23(25)27-12-9-15-1-6-20(13-17(15)14-27)31-21(22(28)29)16-2-4-18(5-3-16)30-19-7-10-26-11-8-19;;/h1-6,13,19,21,26H,7-12,14H2,(H4,24,25,28,29);2*1H. The first-order valence-corrected chi connectivity index (χ1v) is 10.7. The lowest BCUT2D eigenvalue weighted by molar-refractivity contribution is -0.664. The highest BCUT2D eigenvalue weighted by Crippen LogP contribution is 2.28. The van der Waals surface area contributed by atoms with E-state index in [1.54, 1.807) is 12.1 Å². The molecule has 1 unspecified atom stereocenters. The van der Waals surface area contributed by atoms with E-state index in [-0.39, 0.29) is 36.9 Å². The van der Waals surface area contributed by atoms with Gasteiger partial charge in [-0.2, -0.15) is 0 Å². The highest BCUT2D eigenvalue weighted by Gasteiger charge is 2.24. The molecule has 0 amide bonds. The Bertz CT molecular complexity index is 975. The van der Waals surface area contributed by atoms with Gasteiger partial charge >= 0.3 is 11.9 Å². The number of halogens is 2. The fourth-order valence-corrected chi connectivity index (χ4v) is 4.15. The van der Waals surface area contributed by atoms with Crippen molar-refractivity contribution in [3.05, 3.63) is 59.2 Å². The molecular formula is C23H30Cl2N4O4. The summed E-state index contributed by atoms with van der Waals surface area (Å²) in [6, 6.07) is 12.8. The molecule has 0 radical (unpaired) electrons. The Kier molecular flexibility index (Phi) is 9.64. The number of carbonyl (C=O) groups is 1. The number of carboxylic acid groups (broad SMARTS) is 1. The van der Waals surface area contributed by atoms with Crippen LogP contribution in [0.25, 0.3) is 0 Å². The molecule has 0 aliphatic carbocycles. The zero-order valence-corrected chi connectivity index (χ0v) is 19.8. The van der Waals surface area contributed by atoms with Crippen LogP contribution in [0.4, 0.5) is 0 Å². The molecule has 1 atom stereocenters. The van der Waals surface area contributed by atoms with Crippen molar-refractivity contribution >= 4 is 11.9 Å². The van der Waals surface area contributed by atoms with E-state index >= 15 is 0 Å². The number of hydrogen-bond acceptors (Lipinski definition) is 3. The molecule has 2 aromatic rings. The van der Waals surface area contributed by atoms with Gasteiger partial charge in [0.25, 0.3) is 0 Å². The molecule has 4 rings (SSSR count). The zero-order valence-electron chi connectivity index (χ0n) is 18.3. The van der Waals surface area contributed by atoms with Gasteiger partial charge in [-0.25, -0.2) is 4.79 Å². The average molecular weight is 497 g/mol. The molecule has 0 aromatic heterocycles. The topological polar surface area (TPSA) is 127 Å². The van der Waals surface area contributed by atoms with Crippen molar-refractivity contribution in [2.75, 3.05) is 19.6 Å². The maximum absolute atomic E-state index is 11.9. The van der Waals surface area contributed by atoms with E-state index in [4.69, 9.17) is 20.9 Å². The number of nitrogens with two attached hydrogens (primary N) is 3. The summed E-state index contributed by atoms with van der Waals surface area (Å²) in [6.07, 6.45) is 1.98. The molecule has 1 saturated heterocycles. The van der Waals surface area contributed by atoms with E-state index in [2.05, 4.69) is 5.32 Å². The van der Waals surface area contributed by atoms with Gasteiger partial charge in [-0.3, -0.25) is 16.0 Å². The minimum Gasteiger partial charge on any atom is -1.00 e. The van der Waals surface area contributed by atoms with Crippen LogP contribution in [0.2, 0.25) is 0 Å². The van der Waals surface area contributed by atoms with Crippen molar-refractivity contribution in [2.45, 2.75) is 38.0 Å². The van der Waals surface area contributed by atoms with Gasteiger partial charge in [-0.1, -0.05) is 18.2 Å². The lowest BCUT2D eigenvalue weighted by Gasteiger charge is -2.23. The second kappa shape index (κ2) is 12.0. The highest BCUT2D eigenvalue weighted by molar-refractivity contribution is 5.75. The highest BCUT2D eigenvalue weighted by atomic mass is 35.5. The number of fused-ring (bicyclic) bond motifs is 1. The van der Waals surface area contributed by atoms with Crippen LogP contribution in [0.3, 0.4) is 0 Å². The van der Waals surface area contributed by atoms with Crippen molar-refractivity contribution in [1.29, 1.82) is 0 Å². The number of nitrogens with zero attached hydrogens (tertiary/aromatic N) is 1. The number of carboxylic acids is 1. The molecule has 2 aliphatic rings. The van der Waals surface area contributed by atoms with Crippen LogP contribution < -0.4 is 51.1 Å². The first-order valence-electron chi connectivity index (χ1n) is 10.7. The third kappa shape index (κ3) is 6.66. The Balaban J connectivity index is 0.00000193. The zero-order chi connectivity index (χ0) is 21.8. The van der Waals surface area contributed by atoms with Crippen molar-refractivity contribution in [3.8, 4) is 11.5 Å². The van der Waals surface area contributed by atoms with Crippen molar-refractivity contribution in [1.82, 2.24) is 0 Å². The molecule has 1 fully saturated rings. The molecule has 0 spiro atoms. The van der Waals surface area contributed by atoms with Crippen LogP contribution in [-0.2, 0) is 17.8 Å². The number of aliphatic carboxylic acids is 1. The molecule has 0 saturated carbocycles. The minimum absolute atomic E-state index is 0. The fraction of sp³-hybridized carbons (Fsp3) is 0.391. The SMILES string of the molecule is NC(N)=[N+]1CCc2ccc(OC(C(=O)O)c3ccc(OC4CC[NH2+]CC4)cc3)cc2C1.[Cl-].[Cl-]. The van der Waals surface area contributed by atoms with E-state index in [0.29, 0.717) is 17.9 Å². The predicted octanol–water partition coefficient (Wildman–Crippen LogP) is -5.65. The second-order valence-electron chi connectivity index (χ2n) is 8.12. The molecule has 8 nitrogen and oxygen atoms in total. The minimum atomic E-state index is -1.11. The molecule has 7 N–H and O–H groups in total. The van der Waals surface area contributed by atoms with Crippen LogP contribution >= 0.6 is 0 Å². The van der Waals surface area contributed by atoms with Crippen molar-refractivity contribution in [3.63, 3.8) is 0 Å². The summed E-state index contributed by atoms with van der Waals surface area (Å²) in [6.45, 7) is 3.50. The smallest absolute Gasteiger partial charge is 0.349 e. The Morgan fingerprint density at radius 2 is 1.70 bits per heavy atom. The number of guanidine groups is 1. The summed E-state index contributed by atoms with van der Waals surface area (Å²) in [5, 5.41) is 12.1. The fourth-order valence-electron chi connectivity index (χ4n) is 4.15. The Morgan fingerprint density at radius 3 is 2.33 bits per heavy atom. The number of quaternary nitrogens is 1. The quantitative estimate of drug-likeness (QED) is 0.233. The molecule has 33 heavy (non-hydrogen) atoms. The molecular weight excluding hydrogens is 467 g/mol. The van der Waals surface area contributed by atoms with Gasteiger partial charge in [0, 0.05) is 24.8 Å². The summed E-state index contributed by atoms with van der Waals surface area (Å²) in [4.78, 5) is 11.9. The largest absolute Gasteiger partial charge is 1.00 e. The van der Waals surface area contributed by atoms with Crippen LogP contribution in [0.15, 0.2) is 42.5 Å². The van der Waals surface area contributed by atoms with E-state index in [1.165, 1.54) is 5.56 Å². The van der Waals surface area contributed by atoms with Gasteiger partial charge in [0.1, 0.15) is 17.6 Å². The maximum atomic E-state index is 11.9. The summed E-state index contributed by atoms with van der Waals surface area (Å²) in [5.74, 6) is 0.496. The number of rotatable bonds is 6. The third-order valence-electron chi connectivity index (χ3n) is 5.90. The number of benzene rings is 2. The molecule has 10 heteroatoms. The van der Waals surface area contributed by atoms with Crippen LogP contribution in [0, 0.1) is 0 Å². The summed E-state index contributed by atoms with van der Waals surface area (Å²) in [7, 11) is 0. The molecule has 2 aromatic carbocycles. The summed E-state index contributed by atoms with van der Waals surface area (Å²) >= 11 is 0. The van der Waals surface area contributed by atoms with Crippen molar-refractivity contribution in [2.24, 2.45) is 11.5 Å². The van der Waals surface area contributed by atoms with Gasteiger partial charge in [-0.05, 0) is 35.4 Å².